The highest BCUT2D eigenvalue weighted by Gasteiger charge is 2.37. The highest BCUT2D eigenvalue weighted by atomic mass is 32.2. The maximum absolute atomic E-state index is 11.9. The second kappa shape index (κ2) is 3.69. The van der Waals surface area contributed by atoms with E-state index in [4.69, 9.17) is 5.73 Å². The third-order valence-electron chi connectivity index (χ3n) is 1.45. The second-order valence-corrected chi connectivity index (χ2v) is 4.68. The van der Waals surface area contributed by atoms with Gasteiger partial charge >= 0.3 is 6.18 Å². The molecule has 0 aliphatic rings. The van der Waals surface area contributed by atoms with Crippen molar-refractivity contribution >= 4 is 15.5 Å². The topological polar surface area (TPSA) is 73.0 Å². The molecular weight excluding hydrogens is 233 g/mol. The number of nitrogen functional groups attached to an aromatic ring is 1. The molecule has 0 unspecified atom stereocenters. The average Bonchev–Trinajstić information content (AvgIpc) is 1.99. The van der Waals surface area contributed by atoms with Gasteiger partial charge in [-0.25, -0.2) is 13.4 Å². The quantitative estimate of drug-likeness (QED) is 0.836. The molecule has 0 fully saturated rings. The Morgan fingerprint density at radius 3 is 2.47 bits per heavy atom. The van der Waals surface area contributed by atoms with E-state index in [9.17, 15) is 21.6 Å². The molecule has 1 aromatic rings. The van der Waals surface area contributed by atoms with Gasteiger partial charge in [0, 0.05) is 6.20 Å². The SMILES string of the molecule is Nc1cccnc1S(=O)(=O)CC(F)(F)F. The molecule has 2 N–H and O–H groups in total. The number of nitrogens with two attached hydrogens (primary N) is 1. The van der Waals surface area contributed by atoms with E-state index in [1.165, 1.54) is 12.1 Å². The van der Waals surface area contributed by atoms with Gasteiger partial charge in [0.05, 0.1) is 5.69 Å². The highest BCUT2D eigenvalue weighted by molar-refractivity contribution is 7.91. The standard InChI is InChI=1S/C7H7F3N2O2S/c8-7(9,10)4-15(13,14)6-5(11)2-1-3-12-6/h1-3H,4,11H2. The molecule has 0 atom stereocenters. The summed E-state index contributed by atoms with van der Waals surface area (Å²) in [5, 5.41) is -0.734. The summed E-state index contributed by atoms with van der Waals surface area (Å²) in [6, 6.07) is 2.51. The van der Waals surface area contributed by atoms with Gasteiger partial charge in [-0.1, -0.05) is 0 Å². The van der Waals surface area contributed by atoms with Crippen molar-refractivity contribution in [3.05, 3.63) is 18.3 Å². The van der Waals surface area contributed by atoms with Crippen LogP contribution >= 0.6 is 0 Å². The zero-order valence-corrected chi connectivity index (χ0v) is 8.14. The van der Waals surface area contributed by atoms with Crippen LogP contribution in [0.4, 0.5) is 18.9 Å². The van der Waals surface area contributed by atoms with Gasteiger partial charge in [0.1, 0.15) is 0 Å². The molecule has 0 radical (unpaired) electrons. The first-order chi connectivity index (χ1) is 6.72. The predicted octanol–water partition coefficient (Wildman–Crippen LogP) is 1.000. The smallest absolute Gasteiger partial charge is 0.396 e. The van der Waals surface area contributed by atoms with Crippen LogP contribution in [-0.4, -0.2) is 25.3 Å². The van der Waals surface area contributed by atoms with Crippen molar-refractivity contribution in [2.45, 2.75) is 11.2 Å². The van der Waals surface area contributed by atoms with E-state index in [-0.39, 0.29) is 5.69 Å². The van der Waals surface area contributed by atoms with E-state index in [0.717, 1.165) is 6.20 Å². The van der Waals surface area contributed by atoms with Gasteiger partial charge in [-0.05, 0) is 12.1 Å². The van der Waals surface area contributed by atoms with Crippen molar-refractivity contribution in [2.75, 3.05) is 11.5 Å². The van der Waals surface area contributed by atoms with Gasteiger partial charge in [0.15, 0.2) is 10.8 Å². The molecule has 0 amide bonds. The molecule has 4 nitrogen and oxygen atoms in total. The van der Waals surface area contributed by atoms with E-state index in [1.807, 2.05) is 0 Å². The van der Waals surface area contributed by atoms with Crippen LogP contribution in [-0.2, 0) is 9.84 Å². The largest absolute Gasteiger partial charge is 0.403 e. The molecule has 0 aromatic carbocycles. The maximum Gasteiger partial charge on any atom is 0.403 e. The highest BCUT2D eigenvalue weighted by Crippen LogP contribution is 2.23. The fourth-order valence-electron chi connectivity index (χ4n) is 0.947. The number of sulfone groups is 1. The Balaban J connectivity index is 3.13. The summed E-state index contributed by atoms with van der Waals surface area (Å²) < 4.78 is 58.2. The summed E-state index contributed by atoms with van der Waals surface area (Å²) in [6.07, 6.45) is -3.73. The van der Waals surface area contributed by atoms with Crippen molar-refractivity contribution in [2.24, 2.45) is 0 Å². The first-order valence-electron chi connectivity index (χ1n) is 3.72. The number of halogens is 3. The molecule has 1 aromatic heterocycles. The van der Waals surface area contributed by atoms with Crippen molar-refractivity contribution in [3.63, 3.8) is 0 Å². The summed E-state index contributed by atoms with van der Waals surface area (Å²) >= 11 is 0. The Bertz CT molecular complexity index is 456. The maximum atomic E-state index is 11.9. The summed E-state index contributed by atoms with van der Waals surface area (Å²) in [7, 11) is -4.51. The normalized spacial score (nSPS) is 12.7. The van der Waals surface area contributed by atoms with Crippen LogP contribution in [0.25, 0.3) is 0 Å². The van der Waals surface area contributed by atoms with Gasteiger partial charge < -0.3 is 5.73 Å². The van der Waals surface area contributed by atoms with E-state index in [0.29, 0.717) is 0 Å². The zero-order chi connectivity index (χ0) is 11.7. The van der Waals surface area contributed by atoms with Crippen LogP contribution in [0.2, 0.25) is 0 Å². The lowest BCUT2D eigenvalue weighted by Gasteiger charge is -2.08. The number of pyridine rings is 1. The van der Waals surface area contributed by atoms with E-state index >= 15 is 0 Å². The number of hydrogen-bond donors (Lipinski definition) is 1. The monoisotopic (exact) mass is 240 g/mol. The van der Waals surface area contributed by atoms with Gasteiger partial charge in [-0.3, -0.25) is 0 Å². The molecule has 1 rings (SSSR count). The van der Waals surface area contributed by atoms with Crippen LogP contribution in [0.1, 0.15) is 0 Å². The minimum atomic E-state index is -4.80. The minimum absolute atomic E-state index is 0.290. The number of anilines is 1. The molecule has 84 valence electrons. The van der Waals surface area contributed by atoms with Gasteiger partial charge in [0.2, 0.25) is 9.84 Å². The number of hydrogen-bond acceptors (Lipinski definition) is 4. The molecule has 15 heavy (non-hydrogen) atoms. The third-order valence-corrected chi connectivity index (χ3v) is 3.09. The molecule has 0 aliphatic carbocycles. The minimum Gasteiger partial charge on any atom is -0.396 e. The van der Waals surface area contributed by atoms with Crippen LogP contribution in [0.5, 0.6) is 0 Å². The molecule has 1 heterocycles. The Morgan fingerprint density at radius 1 is 1.40 bits per heavy atom. The van der Waals surface area contributed by atoms with Crippen molar-refractivity contribution < 1.29 is 21.6 Å². The second-order valence-electron chi connectivity index (χ2n) is 2.77. The average molecular weight is 240 g/mol. The van der Waals surface area contributed by atoms with Crippen molar-refractivity contribution in [3.8, 4) is 0 Å². The Morgan fingerprint density at radius 2 is 2.00 bits per heavy atom. The molecule has 0 saturated heterocycles. The Hall–Kier alpha value is -1.31. The van der Waals surface area contributed by atoms with Crippen LogP contribution in [0, 0.1) is 0 Å². The zero-order valence-electron chi connectivity index (χ0n) is 7.32. The third kappa shape index (κ3) is 3.08. The summed E-state index contributed by atoms with van der Waals surface area (Å²) in [5.74, 6) is -1.96. The Kier molecular flexibility index (Phi) is 2.89. The molecule has 0 spiro atoms. The predicted molar refractivity (Wildman–Crippen MR) is 46.8 cm³/mol. The number of rotatable bonds is 2. The lowest BCUT2D eigenvalue weighted by molar-refractivity contribution is -0.106. The van der Waals surface area contributed by atoms with E-state index < -0.39 is 26.8 Å². The van der Waals surface area contributed by atoms with Crippen LogP contribution in [0.15, 0.2) is 23.4 Å². The Labute approximate surface area is 83.8 Å². The van der Waals surface area contributed by atoms with Crippen molar-refractivity contribution in [1.29, 1.82) is 0 Å². The lowest BCUT2D eigenvalue weighted by atomic mass is 10.4. The summed E-state index contributed by atoms with van der Waals surface area (Å²) in [5.41, 5.74) is 4.93. The number of alkyl halides is 3. The number of aromatic nitrogens is 1. The molecule has 0 saturated carbocycles. The van der Waals surface area contributed by atoms with E-state index in [2.05, 4.69) is 4.98 Å². The van der Waals surface area contributed by atoms with Crippen LogP contribution < -0.4 is 5.73 Å². The summed E-state index contributed by atoms with van der Waals surface area (Å²) in [4.78, 5) is 3.32. The first kappa shape index (κ1) is 11.8. The van der Waals surface area contributed by atoms with E-state index in [1.54, 1.807) is 0 Å². The lowest BCUT2D eigenvalue weighted by Crippen LogP contribution is -2.24. The molecule has 0 aliphatic heterocycles. The fourth-order valence-corrected chi connectivity index (χ4v) is 2.16. The fraction of sp³-hybridized carbons (Fsp3) is 0.286. The molecular formula is C7H7F3N2O2S. The van der Waals surface area contributed by atoms with Crippen molar-refractivity contribution in [1.82, 2.24) is 4.98 Å². The van der Waals surface area contributed by atoms with Gasteiger partial charge in [-0.15, -0.1) is 0 Å². The van der Waals surface area contributed by atoms with Crippen LogP contribution in [0.3, 0.4) is 0 Å². The number of nitrogens with zero attached hydrogens (tertiary/aromatic N) is 1. The van der Waals surface area contributed by atoms with Gasteiger partial charge in [-0.2, -0.15) is 13.2 Å². The summed E-state index contributed by atoms with van der Waals surface area (Å²) in [6.45, 7) is 0. The first-order valence-corrected chi connectivity index (χ1v) is 5.37. The molecule has 8 heteroatoms. The van der Waals surface area contributed by atoms with Gasteiger partial charge in [0.25, 0.3) is 0 Å². The molecule has 0 bridgehead atoms.